The maximum Gasteiger partial charge on any atom is 0.229 e. The fraction of sp³-hybridized carbons (Fsp3) is 0.300. The van der Waals surface area contributed by atoms with Crippen LogP contribution >= 0.6 is 0 Å². The van der Waals surface area contributed by atoms with E-state index in [1.807, 2.05) is 0 Å². The smallest absolute Gasteiger partial charge is 0.229 e. The van der Waals surface area contributed by atoms with Gasteiger partial charge in [0, 0.05) is 17.7 Å². The molecule has 0 amide bonds. The van der Waals surface area contributed by atoms with Crippen LogP contribution in [0, 0.1) is 0 Å². The molecule has 1 aliphatic rings. The van der Waals surface area contributed by atoms with Gasteiger partial charge in [-0.1, -0.05) is 12.2 Å². The van der Waals surface area contributed by atoms with Gasteiger partial charge in [-0.05, 0) is 29.8 Å². The van der Waals surface area contributed by atoms with E-state index in [9.17, 15) is 35.7 Å². The average Bonchev–Trinajstić information content (AvgIpc) is 2.67. The molecule has 1 fully saturated rings. The molecular formula is C20H22O9. The summed E-state index contributed by atoms with van der Waals surface area (Å²) in [7, 11) is 0. The van der Waals surface area contributed by atoms with Crippen molar-refractivity contribution in [3.05, 3.63) is 47.5 Å². The molecule has 1 aliphatic heterocycles. The van der Waals surface area contributed by atoms with E-state index in [0.717, 1.165) is 0 Å². The van der Waals surface area contributed by atoms with Crippen LogP contribution < -0.4 is 4.74 Å². The van der Waals surface area contributed by atoms with Gasteiger partial charge in [-0.2, -0.15) is 0 Å². The molecule has 9 heteroatoms. The van der Waals surface area contributed by atoms with Gasteiger partial charge in [0.15, 0.2) is 0 Å². The van der Waals surface area contributed by atoms with Gasteiger partial charge in [-0.3, -0.25) is 0 Å². The lowest BCUT2D eigenvalue weighted by Crippen LogP contribution is -2.60. The van der Waals surface area contributed by atoms with Gasteiger partial charge < -0.3 is 45.2 Å². The minimum absolute atomic E-state index is 0.0766. The Morgan fingerprint density at radius 3 is 2.31 bits per heavy atom. The van der Waals surface area contributed by atoms with Crippen molar-refractivity contribution in [1.29, 1.82) is 0 Å². The van der Waals surface area contributed by atoms with Crippen LogP contribution in [0.4, 0.5) is 0 Å². The van der Waals surface area contributed by atoms with E-state index in [1.165, 1.54) is 36.4 Å². The van der Waals surface area contributed by atoms with Crippen molar-refractivity contribution in [3.8, 4) is 23.0 Å². The second kappa shape index (κ2) is 8.68. The normalized spacial score (nSPS) is 27.2. The summed E-state index contributed by atoms with van der Waals surface area (Å²) in [6, 6.07) is 8.31. The number of aromatic hydroxyl groups is 3. The number of rotatable bonds is 5. The van der Waals surface area contributed by atoms with Crippen LogP contribution in [0.15, 0.2) is 36.4 Å². The zero-order valence-corrected chi connectivity index (χ0v) is 15.2. The Morgan fingerprint density at radius 2 is 1.62 bits per heavy atom. The number of ether oxygens (including phenoxy) is 2. The lowest BCUT2D eigenvalue weighted by atomic mass is 9.99. The molecule has 1 saturated heterocycles. The summed E-state index contributed by atoms with van der Waals surface area (Å²) in [5, 5.41) is 68.0. The highest BCUT2D eigenvalue weighted by Crippen LogP contribution is 2.29. The Morgan fingerprint density at radius 1 is 0.862 bits per heavy atom. The quantitative estimate of drug-likeness (QED) is 0.343. The highest BCUT2D eigenvalue weighted by atomic mass is 16.7. The summed E-state index contributed by atoms with van der Waals surface area (Å²) in [5.74, 6) is -0.253. The van der Waals surface area contributed by atoms with E-state index in [0.29, 0.717) is 11.1 Å². The van der Waals surface area contributed by atoms with Crippen LogP contribution in [-0.4, -0.2) is 73.1 Å². The molecular weight excluding hydrogens is 384 g/mol. The highest BCUT2D eigenvalue weighted by molar-refractivity contribution is 5.73. The summed E-state index contributed by atoms with van der Waals surface area (Å²) in [6.07, 6.45) is -4.04. The Labute approximate surface area is 165 Å². The molecule has 2 aromatic carbocycles. The predicted octanol–water partition coefficient (Wildman–Crippen LogP) is 0.152. The molecule has 0 spiro atoms. The molecule has 1 heterocycles. The van der Waals surface area contributed by atoms with Crippen LogP contribution in [0.5, 0.6) is 23.0 Å². The van der Waals surface area contributed by atoms with Gasteiger partial charge in [0.25, 0.3) is 0 Å². The zero-order valence-electron chi connectivity index (χ0n) is 15.2. The van der Waals surface area contributed by atoms with Crippen molar-refractivity contribution in [2.75, 3.05) is 6.61 Å². The molecule has 0 radical (unpaired) electrons. The van der Waals surface area contributed by atoms with E-state index in [1.54, 1.807) is 12.2 Å². The van der Waals surface area contributed by atoms with Crippen LogP contribution in [0.3, 0.4) is 0 Å². The van der Waals surface area contributed by atoms with Crippen molar-refractivity contribution in [2.24, 2.45) is 0 Å². The SMILES string of the molecule is OC[C@H]1O[C@@H](Oc2cc(O)cc(/C=C/c3ccc(O)cc3O)c2)[C@H](O)[C@@H](O)[C@H]1O. The van der Waals surface area contributed by atoms with Crippen LogP contribution in [0.1, 0.15) is 11.1 Å². The third-order valence-electron chi connectivity index (χ3n) is 4.48. The number of aliphatic hydroxyl groups excluding tert-OH is 4. The van der Waals surface area contributed by atoms with E-state index >= 15 is 0 Å². The van der Waals surface area contributed by atoms with E-state index in [2.05, 4.69) is 0 Å². The number of aliphatic hydroxyl groups is 4. The Balaban J connectivity index is 1.79. The largest absolute Gasteiger partial charge is 0.508 e. The first kappa shape index (κ1) is 20.9. The second-order valence-corrected chi connectivity index (χ2v) is 6.65. The third kappa shape index (κ3) is 4.78. The minimum atomic E-state index is -1.58. The topological polar surface area (TPSA) is 160 Å². The number of benzene rings is 2. The monoisotopic (exact) mass is 406 g/mol. The Kier molecular flexibility index (Phi) is 6.26. The first-order chi connectivity index (χ1) is 13.8. The average molecular weight is 406 g/mol. The fourth-order valence-electron chi connectivity index (χ4n) is 2.93. The predicted molar refractivity (Wildman–Crippen MR) is 101 cm³/mol. The minimum Gasteiger partial charge on any atom is -0.508 e. The number of hydrogen-bond acceptors (Lipinski definition) is 9. The van der Waals surface area contributed by atoms with E-state index in [-0.39, 0.29) is 23.0 Å². The third-order valence-corrected chi connectivity index (χ3v) is 4.48. The number of hydrogen-bond donors (Lipinski definition) is 7. The van der Waals surface area contributed by atoms with E-state index < -0.39 is 37.3 Å². The fourth-order valence-corrected chi connectivity index (χ4v) is 2.93. The Bertz CT molecular complexity index is 880. The zero-order chi connectivity index (χ0) is 21.1. The maximum absolute atomic E-state index is 10.1. The van der Waals surface area contributed by atoms with Gasteiger partial charge >= 0.3 is 0 Å². The van der Waals surface area contributed by atoms with Crippen LogP contribution in [0.25, 0.3) is 12.2 Å². The lowest BCUT2D eigenvalue weighted by molar-refractivity contribution is -0.277. The maximum atomic E-state index is 10.1. The molecule has 0 aliphatic carbocycles. The molecule has 2 aromatic rings. The van der Waals surface area contributed by atoms with Gasteiger partial charge in [-0.15, -0.1) is 0 Å². The van der Waals surface area contributed by atoms with Gasteiger partial charge in [0.2, 0.25) is 6.29 Å². The summed E-state index contributed by atoms with van der Waals surface area (Å²) < 4.78 is 10.8. The number of phenols is 3. The molecule has 0 saturated carbocycles. The molecule has 0 aromatic heterocycles. The molecule has 0 unspecified atom stereocenters. The van der Waals surface area contributed by atoms with Crippen molar-refractivity contribution in [1.82, 2.24) is 0 Å². The first-order valence-electron chi connectivity index (χ1n) is 8.80. The molecule has 7 N–H and O–H groups in total. The molecule has 0 bridgehead atoms. The van der Waals surface area contributed by atoms with Crippen molar-refractivity contribution in [2.45, 2.75) is 30.7 Å². The summed E-state index contributed by atoms with van der Waals surface area (Å²) in [5.41, 5.74) is 0.916. The summed E-state index contributed by atoms with van der Waals surface area (Å²) in [6.45, 7) is -0.588. The van der Waals surface area contributed by atoms with Crippen molar-refractivity contribution in [3.63, 3.8) is 0 Å². The molecule has 9 nitrogen and oxygen atoms in total. The standard InChI is InChI=1S/C20H22O9/c21-9-16-17(25)18(26)19(27)20(29-16)28-14-6-10(5-13(23)7-14)1-2-11-3-4-12(22)8-15(11)24/h1-8,16-27H,9H2/b2-1+/t16-,17+,18+,19-,20-/m1/s1. The molecule has 29 heavy (non-hydrogen) atoms. The van der Waals surface area contributed by atoms with E-state index in [4.69, 9.17) is 9.47 Å². The van der Waals surface area contributed by atoms with Gasteiger partial charge in [0.05, 0.1) is 6.61 Å². The lowest BCUT2D eigenvalue weighted by Gasteiger charge is -2.39. The van der Waals surface area contributed by atoms with Crippen molar-refractivity contribution >= 4 is 12.2 Å². The summed E-state index contributed by atoms with van der Waals surface area (Å²) in [4.78, 5) is 0. The van der Waals surface area contributed by atoms with Gasteiger partial charge in [-0.25, -0.2) is 0 Å². The van der Waals surface area contributed by atoms with Crippen LogP contribution in [0.2, 0.25) is 0 Å². The van der Waals surface area contributed by atoms with Gasteiger partial charge in [0.1, 0.15) is 47.4 Å². The molecule has 3 rings (SSSR count). The molecule has 156 valence electrons. The van der Waals surface area contributed by atoms with Crippen LogP contribution in [-0.2, 0) is 4.74 Å². The summed E-state index contributed by atoms with van der Waals surface area (Å²) >= 11 is 0. The number of phenolic OH excluding ortho intramolecular Hbond substituents is 3. The highest BCUT2D eigenvalue weighted by Gasteiger charge is 2.44. The molecule has 5 atom stereocenters. The Hall–Kier alpha value is -2.82. The second-order valence-electron chi connectivity index (χ2n) is 6.65. The first-order valence-corrected chi connectivity index (χ1v) is 8.80. The van der Waals surface area contributed by atoms with Crippen molar-refractivity contribution < 1.29 is 45.2 Å².